The van der Waals surface area contributed by atoms with Gasteiger partial charge in [-0.1, -0.05) is 133 Å². The van der Waals surface area contributed by atoms with Gasteiger partial charge in [-0.15, -0.1) is 0 Å². The van der Waals surface area contributed by atoms with Crippen LogP contribution in [0.3, 0.4) is 0 Å². The smallest absolute Gasteiger partial charge is 0.331 e. The number of aromatic nitrogens is 2. The fraction of sp³-hybridized carbons (Fsp3) is 0.333. The Morgan fingerprint density at radius 3 is 1.16 bits per heavy atom. The number of para-hydroxylation sites is 1. The largest absolute Gasteiger partial charge is 0.390 e. The predicted octanol–water partition coefficient (Wildman–Crippen LogP) is 4.70. The molecule has 10 heteroatoms. The minimum Gasteiger partial charge on any atom is -0.390 e. The summed E-state index contributed by atoms with van der Waals surface area (Å²) in [6, 6.07) is 49.6. The van der Waals surface area contributed by atoms with Gasteiger partial charge in [-0.2, -0.15) is 0 Å². The molecule has 3 heterocycles. The van der Waals surface area contributed by atoms with Crippen molar-refractivity contribution in [1.82, 2.24) is 28.7 Å². The third-order valence-electron chi connectivity index (χ3n) is 11.9. The Hall–Kier alpha value is -5.20. The van der Waals surface area contributed by atoms with Gasteiger partial charge < -0.3 is 10.2 Å². The van der Waals surface area contributed by atoms with Crippen LogP contribution in [0.5, 0.6) is 0 Å². The van der Waals surface area contributed by atoms with Gasteiger partial charge in [0.1, 0.15) is 0 Å². The molecule has 2 fully saturated rings. The van der Waals surface area contributed by atoms with Crippen molar-refractivity contribution in [3.8, 4) is 0 Å². The number of aliphatic hydroxyl groups is 2. The molecule has 2 saturated heterocycles. The number of hydrogen-bond donors (Lipinski definition) is 2. The molecular formula is C48H54N6O4. The molecule has 58 heavy (non-hydrogen) atoms. The summed E-state index contributed by atoms with van der Waals surface area (Å²) in [6.07, 6.45) is -1.77. The van der Waals surface area contributed by atoms with Crippen molar-refractivity contribution in [2.75, 3.05) is 65.4 Å². The van der Waals surface area contributed by atoms with Gasteiger partial charge in [0, 0.05) is 65.4 Å². The number of rotatable bonds is 14. The first-order valence-corrected chi connectivity index (χ1v) is 20.6. The van der Waals surface area contributed by atoms with Crippen LogP contribution in [0.4, 0.5) is 0 Å². The molecule has 0 aliphatic carbocycles. The van der Waals surface area contributed by atoms with E-state index in [1.165, 1.54) is 26.8 Å². The molecule has 5 aromatic carbocycles. The van der Waals surface area contributed by atoms with Crippen LogP contribution >= 0.6 is 0 Å². The number of fused-ring (bicyclic) bond motifs is 1. The fourth-order valence-corrected chi connectivity index (χ4v) is 9.02. The second kappa shape index (κ2) is 18.6. The van der Waals surface area contributed by atoms with Crippen LogP contribution in [0.25, 0.3) is 10.9 Å². The van der Waals surface area contributed by atoms with Crippen LogP contribution in [-0.4, -0.2) is 117 Å². The minimum atomic E-state index is -0.928. The molecule has 0 radical (unpaired) electrons. The molecule has 2 aliphatic rings. The van der Waals surface area contributed by atoms with Gasteiger partial charge in [-0.05, 0) is 34.4 Å². The lowest BCUT2D eigenvalue weighted by Crippen LogP contribution is -2.51. The van der Waals surface area contributed by atoms with E-state index < -0.39 is 23.5 Å². The monoisotopic (exact) mass is 778 g/mol. The summed E-state index contributed by atoms with van der Waals surface area (Å²) in [5.41, 5.74) is 4.56. The molecule has 0 saturated carbocycles. The molecule has 2 aliphatic heterocycles. The standard InChI is InChI=1S/C48H54N6O4/c55-41(33-49-25-29-51(30-26-49)45(37-15-5-1-6-16-37)38-17-7-2-8-18-38)35-53-44-24-14-13-23-43(44)47(57)54(48(53)58)36-42(56)34-50-27-31-52(32-28-50)46(39-19-9-3-10-20-39)40-21-11-4-12-22-40/h1-24,41-42,45-46,55-56H,25-36H2/t41-,42+/m0/s1. The van der Waals surface area contributed by atoms with Gasteiger partial charge in [0.15, 0.2) is 0 Å². The van der Waals surface area contributed by atoms with E-state index in [4.69, 9.17) is 0 Å². The fourth-order valence-electron chi connectivity index (χ4n) is 9.02. The number of hydrogen-bond acceptors (Lipinski definition) is 8. The minimum absolute atomic E-state index is 0.0402. The van der Waals surface area contributed by atoms with E-state index in [9.17, 15) is 19.8 Å². The van der Waals surface area contributed by atoms with Gasteiger partial charge >= 0.3 is 5.69 Å². The Bertz CT molecular complexity index is 2240. The predicted molar refractivity (Wildman–Crippen MR) is 230 cm³/mol. The van der Waals surface area contributed by atoms with Gasteiger partial charge in [-0.3, -0.25) is 33.5 Å². The third kappa shape index (κ3) is 9.08. The second-order valence-electron chi connectivity index (χ2n) is 15.8. The zero-order chi connectivity index (χ0) is 39.8. The Kier molecular flexibility index (Phi) is 12.7. The quantitative estimate of drug-likeness (QED) is 0.165. The summed E-state index contributed by atoms with van der Waals surface area (Å²) in [5, 5.41) is 23.2. The average molecular weight is 779 g/mol. The average Bonchev–Trinajstić information content (AvgIpc) is 3.27. The first kappa shape index (κ1) is 39.6. The molecule has 0 spiro atoms. The maximum absolute atomic E-state index is 14.1. The topological polar surface area (TPSA) is 97.4 Å². The van der Waals surface area contributed by atoms with Crippen LogP contribution in [0.15, 0.2) is 155 Å². The number of aliphatic hydroxyl groups excluding tert-OH is 2. The summed E-state index contributed by atoms with van der Waals surface area (Å²) in [4.78, 5) is 37.3. The van der Waals surface area contributed by atoms with E-state index in [-0.39, 0.29) is 25.2 Å². The van der Waals surface area contributed by atoms with Gasteiger partial charge in [-0.25, -0.2) is 4.79 Å². The first-order chi connectivity index (χ1) is 28.4. The lowest BCUT2D eigenvalue weighted by molar-refractivity contribution is 0.0522. The van der Waals surface area contributed by atoms with Crippen molar-refractivity contribution < 1.29 is 10.2 Å². The maximum atomic E-state index is 14.1. The number of benzene rings is 5. The molecule has 0 unspecified atom stereocenters. The highest BCUT2D eigenvalue weighted by molar-refractivity contribution is 5.77. The highest BCUT2D eigenvalue weighted by atomic mass is 16.3. The zero-order valence-electron chi connectivity index (χ0n) is 33.0. The van der Waals surface area contributed by atoms with Crippen molar-refractivity contribution in [3.63, 3.8) is 0 Å². The number of nitrogens with zero attached hydrogens (tertiary/aromatic N) is 6. The van der Waals surface area contributed by atoms with Crippen molar-refractivity contribution in [2.45, 2.75) is 37.4 Å². The van der Waals surface area contributed by atoms with Crippen molar-refractivity contribution in [1.29, 1.82) is 0 Å². The van der Waals surface area contributed by atoms with E-state index in [0.717, 1.165) is 56.9 Å². The lowest BCUT2D eigenvalue weighted by atomic mass is 9.96. The summed E-state index contributed by atoms with van der Waals surface area (Å²) in [7, 11) is 0. The molecule has 1 aromatic heterocycles. The normalized spacial score (nSPS) is 17.2. The van der Waals surface area contributed by atoms with Crippen LogP contribution in [0, 0.1) is 0 Å². The summed E-state index contributed by atoms with van der Waals surface area (Å²) < 4.78 is 2.67. The SMILES string of the molecule is O=c1c2ccccc2n(C[C@@H](O)CN2CCN(C(c3ccccc3)c3ccccc3)CC2)c(=O)n1C[C@H](O)CN1CCN(C(c2ccccc2)c2ccccc2)CC1. The third-order valence-corrected chi connectivity index (χ3v) is 11.9. The van der Waals surface area contributed by atoms with Gasteiger partial charge in [0.05, 0.1) is 48.3 Å². The van der Waals surface area contributed by atoms with Gasteiger partial charge in [0.2, 0.25) is 0 Å². The zero-order valence-corrected chi connectivity index (χ0v) is 33.0. The molecule has 6 aromatic rings. The summed E-state index contributed by atoms with van der Waals surface area (Å²) in [5.74, 6) is 0. The van der Waals surface area contributed by atoms with Crippen LogP contribution in [-0.2, 0) is 13.1 Å². The van der Waals surface area contributed by atoms with Crippen molar-refractivity contribution >= 4 is 10.9 Å². The molecule has 2 N–H and O–H groups in total. The van der Waals surface area contributed by atoms with Crippen LogP contribution in [0.2, 0.25) is 0 Å². The van der Waals surface area contributed by atoms with Crippen molar-refractivity contribution in [3.05, 3.63) is 189 Å². The number of piperazine rings is 2. The Labute approximate surface area is 340 Å². The molecule has 10 nitrogen and oxygen atoms in total. The highest BCUT2D eigenvalue weighted by Crippen LogP contribution is 2.31. The molecule has 2 atom stereocenters. The van der Waals surface area contributed by atoms with Crippen molar-refractivity contribution in [2.24, 2.45) is 0 Å². The number of β-amino-alcohol motifs (C(OH)–C–C–N with tert-alkyl or cyclic N) is 2. The Morgan fingerprint density at radius 2 is 0.759 bits per heavy atom. The van der Waals surface area contributed by atoms with E-state index in [2.05, 4.69) is 117 Å². The van der Waals surface area contributed by atoms with E-state index in [0.29, 0.717) is 24.0 Å². The summed E-state index contributed by atoms with van der Waals surface area (Å²) >= 11 is 0. The molecule has 8 rings (SSSR count). The molecule has 0 bridgehead atoms. The van der Waals surface area contributed by atoms with Gasteiger partial charge in [0.25, 0.3) is 5.56 Å². The molecular weight excluding hydrogens is 725 g/mol. The van der Waals surface area contributed by atoms with Crippen LogP contribution < -0.4 is 11.2 Å². The Morgan fingerprint density at radius 1 is 0.414 bits per heavy atom. The lowest BCUT2D eigenvalue weighted by Gasteiger charge is -2.40. The first-order valence-electron chi connectivity index (χ1n) is 20.6. The van der Waals surface area contributed by atoms with E-state index in [1.54, 1.807) is 24.3 Å². The maximum Gasteiger partial charge on any atom is 0.331 e. The highest BCUT2D eigenvalue weighted by Gasteiger charge is 2.29. The van der Waals surface area contributed by atoms with E-state index in [1.807, 2.05) is 24.3 Å². The molecule has 0 amide bonds. The second-order valence-corrected chi connectivity index (χ2v) is 15.8. The Balaban J connectivity index is 0.908. The summed E-state index contributed by atoms with van der Waals surface area (Å²) in [6.45, 7) is 7.04. The van der Waals surface area contributed by atoms with Crippen LogP contribution in [0.1, 0.15) is 34.3 Å². The molecule has 300 valence electrons. The van der Waals surface area contributed by atoms with E-state index >= 15 is 0 Å².